The Morgan fingerprint density at radius 2 is 2.12 bits per heavy atom. The van der Waals surface area contributed by atoms with Gasteiger partial charge in [-0.2, -0.15) is 10.4 Å². The van der Waals surface area contributed by atoms with Gasteiger partial charge in [0.05, 0.1) is 17.4 Å². The van der Waals surface area contributed by atoms with Gasteiger partial charge in [-0.15, -0.1) is 0 Å². The van der Waals surface area contributed by atoms with Crippen LogP contribution in [0.1, 0.15) is 41.9 Å². The summed E-state index contributed by atoms with van der Waals surface area (Å²) in [5, 5.41) is 26.1. The lowest BCUT2D eigenvalue weighted by Gasteiger charge is -2.19. The van der Waals surface area contributed by atoms with Crippen LogP contribution >= 0.6 is 0 Å². The third-order valence-electron chi connectivity index (χ3n) is 5.04. The Kier molecular flexibility index (Phi) is 6.84. The van der Waals surface area contributed by atoms with Gasteiger partial charge in [0.1, 0.15) is 23.4 Å². The molecule has 2 amide bonds. The second kappa shape index (κ2) is 9.58. The second-order valence-electron chi connectivity index (χ2n) is 8.26. The third kappa shape index (κ3) is 5.78. The van der Waals surface area contributed by atoms with Crippen molar-refractivity contribution in [1.29, 1.82) is 5.26 Å². The molecule has 0 saturated carbocycles. The van der Waals surface area contributed by atoms with E-state index in [2.05, 4.69) is 26.5 Å². The molecule has 3 heterocycles. The molecule has 0 spiro atoms. The fourth-order valence-corrected chi connectivity index (χ4v) is 3.16. The van der Waals surface area contributed by atoms with Crippen molar-refractivity contribution >= 4 is 24.0 Å². The zero-order valence-corrected chi connectivity index (χ0v) is 18.9. The minimum atomic E-state index is -0.885. The van der Waals surface area contributed by atoms with Gasteiger partial charge >= 0.3 is 6.03 Å². The summed E-state index contributed by atoms with van der Waals surface area (Å²) in [6, 6.07) is 6.52. The largest absolute Gasteiger partial charge is 0.390 e. The van der Waals surface area contributed by atoms with Crippen molar-refractivity contribution in [3.05, 3.63) is 53.6 Å². The molecule has 170 valence electrons. The van der Waals surface area contributed by atoms with E-state index in [0.29, 0.717) is 35.8 Å². The standard InChI is InChI=1S/C23H25N7O3/c1-23(2,33)8-7-15-9-20(25-11-16(15)10-24)28-22(32)30(4)21-6-5-18(19(14-31)27-21)17-12-26-29(3)13-17/h5-6,9,11-14,33H,7-8H2,1-4H3,(H,25,28,32). The molecule has 3 aromatic rings. The first-order valence-electron chi connectivity index (χ1n) is 10.2. The molecule has 3 aromatic heterocycles. The third-order valence-corrected chi connectivity index (χ3v) is 5.04. The number of aryl methyl sites for hydroxylation is 2. The molecule has 0 aliphatic carbocycles. The predicted molar refractivity (Wildman–Crippen MR) is 123 cm³/mol. The lowest BCUT2D eigenvalue weighted by atomic mass is 9.97. The summed E-state index contributed by atoms with van der Waals surface area (Å²) in [5.74, 6) is 0.539. The van der Waals surface area contributed by atoms with Gasteiger partial charge in [0, 0.05) is 37.6 Å². The number of nitrogens with one attached hydrogen (secondary N) is 1. The Bertz CT molecular complexity index is 1220. The summed E-state index contributed by atoms with van der Waals surface area (Å²) in [6.07, 6.45) is 6.32. The van der Waals surface area contributed by atoms with Crippen molar-refractivity contribution in [3.63, 3.8) is 0 Å². The number of aromatic nitrogens is 4. The molecule has 10 heteroatoms. The Balaban J connectivity index is 1.79. The van der Waals surface area contributed by atoms with Crippen LogP contribution in [-0.4, -0.2) is 49.8 Å². The van der Waals surface area contributed by atoms with E-state index in [0.717, 1.165) is 5.56 Å². The summed E-state index contributed by atoms with van der Waals surface area (Å²) >= 11 is 0. The summed E-state index contributed by atoms with van der Waals surface area (Å²) in [6.45, 7) is 3.39. The van der Waals surface area contributed by atoms with Crippen LogP contribution in [0.4, 0.5) is 16.4 Å². The van der Waals surface area contributed by atoms with E-state index in [4.69, 9.17) is 0 Å². The van der Waals surface area contributed by atoms with Crippen LogP contribution in [-0.2, 0) is 13.5 Å². The SMILES string of the molecule is CN(C(=O)Nc1cc(CCC(C)(C)O)c(C#N)cn1)c1ccc(-c2cnn(C)c2)c(C=O)n1. The summed E-state index contributed by atoms with van der Waals surface area (Å²) in [4.78, 5) is 34.1. The number of hydrogen-bond donors (Lipinski definition) is 2. The predicted octanol–water partition coefficient (Wildman–Crippen LogP) is 2.93. The molecule has 0 saturated heterocycles. The van der Waals surface area contributed by atoms with E-state index in [-0.39, 0.29) is 17.3 Å². The van der Waals surface area contributed by atoms with Gasteiger partial charge in [0.25, 0.3) is 0 Å². The molecule has 0 bridgehead atoms. The summed E-state index contributed by atoms with van der Waals surface area (Å²) in [5.41, 5.74) is 1.71. The maximum Gasteiger partial charge on any atom is 0.328 e. The van der Waals surface area contributed by atoms with E-state index < -0.39 is 11.6 Å². The van der Waals surface area contributed by atoms with Crippen LogP contribution in [0.3, 0.4) is 0 Å². The molecule has 0 aromatic carbocycles. The fraction of sp³-hybridized carbons (Fsp3) is 0.304. The molecule has 0 unspecified atom stereocenters. The van der Waals surface area contributed by atoms with Crippen LogP contribution in [0, 0.1) is 11.3 Å². The van der Waals surface area contributed by atoms with Crippen molar-refractivity contribution in [1.82, 2.24) is 19.7 Å². The lowest BCUT2D eigenvalue weighted by Crippen LogP contribution is -2.32. The topological polar surface area (TPSA) is 137 Å². The Morgan fingerprint density at radius 1 is 1.36 bits per heavy atom. The number of pyridine rings is 2. The summed E-state index contributed by atoms with van der Waals surface area (Å²) in [7, 11) is 3.30. The quantitative estimate of drug-likeness (QED) is 0.531. The zero-order chi connectivity index (χ0) is 24.2. The number of nitrogens with zero attached hydrogens (tertiary/aromatic N) is 6. The number of nitriles is 1. The number of carbonyl (C=O) groups is 2. The first kappa shape index (κ1) is 23.6. The Labute approximate surface area is 191 Å². The van der Waals surface area contributed by atoms with Crippen molar-refractivity contribution in [2.75, 3.05) is 17.3 Å². The van der Waals surface area contributed by atoms with E-state index >= 15 is 0 Å². The zero-order valence-electron chi connectivity index (χ0n) is 18.9. The number of anilines is 2. The molecule has 3 rings (SSSR count). The van der Waals surface area contributed by atoms with E-state index in [1.165, 1.54) is 18.1 Å². The maximum atomic E-state index is 12.8. The van der Waals surface area contributed by atoms with Gasteiger partial charge in [-0.3, -0.25) is 19.7 Å². The molecular weight excluding hydrogens is 422 g/mol. The highest BCUT2D eigenvalue weighted by molar-refractivity contribution is 6.00. The first-order chi connectivity index (χ1) is 15.6. The molecule has 0 aliphatic rings. The Morgan fingerprint density at radius 3 is 2.73 bits per heavy atom. The number of urea groups is 1. The highest BCUT2D eigenvalue weighted by Crippen LogP contribution is 2.24. The van der Waals surface area contributed by atoms with Crippen LogP contribution in [0.2, 0.25) is 0 Å². The Hall–Kier alpha value is -4.10. The highest BCUT2D eigenvalue weighted by Gasteiger charge is 2.18. The van der Waals surface area contributed by atoms with Gasteiger partial charge in [0.15, 0.2) is 6.29 Å². The van der Waals surface area contributed by atoms with Crippen molar-refractivity contribution in [2.45, 2.75) is 32.3 Å². The number of hydrogen-bond acceptors (Lipinski definition) is 7. The van der Waals surface area contributed by atoms with E-state index in [1.54, 1.807) is 56.2 Å². The number of amides is 2. The van der Waals surface area contributed by atoms with Crippen LogP contribution in [0.15, 0.2) is 36.8 Å². The normalized spacial score (nSPS) is 11.0. The van der Waals surface area contributed by atoms with Crippen molar-refractivity contribution < 1.29 is 14.7 Å². The van der Waals surface area contributed by atoms with E-state index in [1.807, 2.05) is 0 Å². The fourth-order valence-electron chi connectivity index (χ4n) is 3.16. The molecule has 0 aliphatic heterocycles. The second-order valence-corrected chi connectivity index (χ2v) is 8.26. The van der Waals surface area contributed by atoms with Crippen LogP contribution < -0.4 is 10.2 Å². The number of aliphatic hydroxyl groups is 1. The minimum absolute atomic E-state index is 0.186. The summed E-state index contributed by atoms with van der Waals surface area (Å²) < 4.78 is 1.62. The molecular formula is C23H25N7O3. The highest BCUT2D eigenvalue weighted by atomic mass is 16.3. The number of rotatable bonds is 7. The molecule has 10 nitrogen and oxygen atoms in total. The average molecular weight is 447 g/mol. The average Bonchev–Trinajstić information content (AvgIpc) is 3.22. The number of aldehydes is 1. The van der Waals surface area contributed by atoms with Crippen LogP contribution in [0.25, 0.3) is 11.1 Å². The van der Waals surface area contributed by atoms with E-state index in [9.17, 15) is 20.0 Å². The van der Waals surface area contributed by atoms with Gasteiger partial charge < -0.3 is 5.11 Å². The minimum Gasteiger partial charge on any atom is -0.390 e. The molecule has 0 radical (unpaired) electrons. The lowest BCUT2D eigenvalue weighted by molar-refractivity contribution is 0.0713. The smallest absolute Gasteiger partial charge is 0.328 e. The first-order valence-corrected chi connectivity index (χ1v) is 10.2. The van der Waals surface area contributed by atoms with Crippen molar-refractivity contribution in [2.24, 2.45) is 7.05 Å². The van der Waals surface area contributed by atoms with Gasteiger partial charge in [0.2, 0.25) is 0 Å². The van der Waals surface area contributed by atoms with Crippen molar-refractivity contribution in [3.8, 4) is 17.2 Å². The van der Waals surface area contributed by atoms with Gasteiger partial charge in [-0.05, 0) is 50.5 Å². The van der Waals surface area contributed by atoms with Gasteiger partial charge in [-0.25, -0.2) is 14.8 Å². The maximum absolute atomic E-state index is 12.8. The number of carbonyl (C=O) groups excluding carboxylic acids is 2. The monoisotopic (exact) mass is 447 g/mol. The molecule has 33 heavy (non-hydrogen) atoms. The van der Waals surface area contributed by atoms with Crippen LogP contribution in [0.5, 0.6) is 0 Å². The molecule has 2 N–H and O–H groups in total. The molecule has 0 fully saturated rings. The molecule has 0 atom stereocenters. The van der Waals surface area contributed by atoms with Gasteiger partial charge in [-0.1, -0.05) is 0 Å².